The highest BCUT2D eigenvalue weighted by molar-refractivity contribution is 5.82. The average Bonchev–Trinajstić information content (AvgIpc) is 2.46. The Morgan fingerprint density at radius 2 is 1.90 bits per heavy atom. The van der Waals surface area contributed by atoms with Crippen molar-refractivity contribution in [1.29, 1.82) is 0 Å². The van der Waals surface area contributed by atoms with Crippen LogP contribution in [0.1, 0.15) is 38.7 Å². The standard InChI is InChI=1S/C17H26N2O/c1-14(2)12-17(8-10-18-11-9-17)16(20)19-13-15-6-4-3-5-7-15/h3-7,14,18H,8-13H2,1-2H3,(H,19,20). The normalized spacial score (nSPS) is 17.9. The summed E-state index contributed by atoms with van der Waals surface area (Å²) in [6.07, 6.45) is 2.88. The minimum Gasteiger partial charge on any atom is -0.352 e. The molecule has 2 N–H and O–H groups in total. The summed E-state index contributed by atoms with van der Waals surface area (Å²) in [6, 6.07) is 10.1. The first-order valence-corrected chi connectivity index (χ1v) is 7.65. The third kappa shape index (κ3) is 3.83. The summed E-state index contributed by atoms with van der Waals surface area (Å²) in [5, 5.41) is 6.51. The van der Waals surface area contributed by atoms with E-state index < -0.39 is 0 Å². The lowest BCUT2D eigenvalue weighted by Crippen LogP contribution is -2.48. The summed E-state index contributed by atoms with van der Waals surface area (Å²) >= 11 is 0. The van der Waals surface area contributed by atoms with Crippen molar-refractivity contribution >= 4 is 5.91 Å². The van der Waals surface area contributed by atoms with Gasteiger partial charge < -0.3 is 10.6 Å². The molecule has 2 rings (SSSR count). The zero-order valence-corrected chi connectivity index (χ0v) is 12.6. The third-order valence-corrected chi connectivity index (χ3v) is 4.14. The molecule has 1 heterocycles. The SMILES string of the molecule is CC(C)CC1(C(=O)NCc2ccccc2)CCNCC1. The Hall–Kier alpha value is -1.35. The molecule has 0 spiro atoms. The molecule has 0 radical (unpaired) electrons. The van der Waals surface area contributed by atoms with E-state index in [9.17, 15) is 4.79 Å². The Kier molecular flexibility index (Phi) is 5.18. The highest BCUT2D eigenvalue weighted by Crippen LogP contribution is 2.36. The van der Waals surface area contributed by atoms with Crippen molar-refractivity contribution in [3.05, 3.63) is 35.9 Å². The van der Waals surface area contributed by atoms with Gasteiger partial charge in [-0.25, -0.2) is 0 Å². The highest BCUT2D eigenvalue weighted by atomic mass is 16.2. The molecule has 1 amide bonds. The first kappa shape index (κ1) is 15.0. The summed E-state index contributed by atoms with van der Waals surface area (Å²) in [7, 11) is 0. The molecule has 3 heteroatoms. The Morgan fingerprint density at radius 1 is 1.25 bits per heavy atom. The second-order valence-electron chi connectivity index (χ2n) is 6.30. The summed E-state index contributed by atoms with van der Waals surface area (Å²) < 4.78 is 0. The molecule has 0 aliphatic carbocycles. The molecule has 3 nitrogen and oxygen atoms in total. The Labute approximate surface area is 122 Å². The van der Waals surface area contributed by atoms with E-state index in [1.54, 1.807) is 0 Å². The van der Waals surface area contributed by atoms with Gasteiger partial charge in [-0.1, -0.05) is 44.2 Å². The lowest BCUT2D eigenvalue weighted by atomic mass is 9.72. The zero-order valence-electron chi connectivity index (χ0n) is 12.6. The second kappa shape index (κ2) is 6.89. The molecule has 0 aromatic heterocycles. The van der Waals surface area contributed by atoms with Gasteiger partial charge in [0.1, 0.15) is 0 Å². The van der Waals surface area contributed by atoms with Gasteiger partial charge in [0.25, 0.3) is 0 Å². The van der Waals surface area contributed by atoms with Crippen molar-refractivity contribution in [3.8, 4) is 0 Å². The quantitative estimate of drug-likeness (QED) is 0.867. The van der Waals surface area contributed by atoms with E-state index in [0.717, 1.165) is 37.9 Å². The molecule has 0 saturated carbocycles. The van der Waals surface area contributed by atoms with Crippen molar-refractivity contribution in [2.45, 2.75) is 39.7 Å². The number of amides is 1. The lowest BCUT2D eigenvalue weighted by Gasteiger charge is -2.37. The van der Waals surface area contributed by atoms with Gasteiger partial charge in [0.2, 0.25) is 5.91 Å². The van der Waals surface area contributed by atoms with E-state index in [0.29, 0.717) is 12.5 Å². The van der Waals surface area contributed by atoms with E-state index in [4.69, 9.17) is 0 Å². The van der Waals surface area contributed by atoms with Gasteiger partial charge in [-0.3, -0.25) is 4.79 Å². The van der Waals surface area contributed by atoms with Gasteiger partial charge in [0.15, 0.2) is 0 Å². The monoisotopic (exact) mass is 274 g/mol. The van der Waals surface area contributed by atoms with Crippen LogP contribution in [0.5, 0.6) is 0 Å². The molecule has 110 valence electrons. The number of nitrogens with one attached hydrogen (secondary N) is 2. The number of hydrogen-bond acceptors (Lipinski definition) is 2. The van der Waals surface area contributed by atoms with Crippen LogP contribution in [0.4, 0.5) is 0 Å². The smallest absolute Gasteiger partial charge is 0.226 e. The van der Waals surface area contributed by atoms with E-state index in [1.807, 2.05) is 18.2 Å². The van der Waals surface area contributed by atoms with Crippen LogP contribution in [0.2, 0.25) is 0 Å². The van der Waals surface area contributed by atoms with Crippen LogP contribution in [-0.2, 0) is 11.3 Å². The maximum Gasteiger partial charge on any atom is 0.226 e. The van der Waals surface area contributed by atoms with E-state index in [-0.39, 0.29) is 11.3 Å². The van der Waals surface area contributed by atoms with Crippen LogP contribution in [0.25, 0.3) is 0 Å². The first-order valence-electron chi connectivity index (χ1n) is 7.65. The Balaban J connectivity index is 1.99. The van der Waals surface area contributed by atoms with E-state index in [2.05, 4.69) is 36.6 Å². The fraction of sp³-hybridized carbons (Fsp3) is 0.588. The van der Waals surface area contributed by atoms with Gasteiger partial charge in [-0.15, -0.1) is 0 Å². The van der Waals surface area contributed by atoms with Crippen molar-refractivity contribution in [3.63, 3.8) is 0 Å². The minimum atomic E-state index is -0.172. The van der Waals surface area contributed by atoms with Gasteiger partial charge in [-0.05, 0) is 43.8 Å². The molecule has 1 aromatic carbocycles. The first-order chi connectivity index (χ1) is 9.62. The van der Waals surface area contributed by atoms with Crippen LogP contribution in [0.3, 0.4) is 0 Å². The number of carbonyl (C=O) groups is 1. The average molecular weight is 274 g/mol. The van der Waals surface area contributed by atoms with Gasteiger partial charge in [-0.2, -0.15) is 0 Å². The summed E-state index contributed by atoms with van der Waals surface area (Å²) in [4.78, 5) is 12.7. The molecular formula is C17H26N2O. The van der Waals surface area contributed by atoms with Crippen molar-refractivity contribution in [2.75, 3.05) is 13.1 Å². The zero-order chi connectivity index (χ0) is 14.4. The maximum atomic E-state index is 12.7. The largest absolute Gasteiger partial charge is 0.352 e. The van der Waals surface area contributed by atoms with Crippen LogP contribution < -0.4 is 10.6 Å². The molecule has 1 fully saturated rings. The molecule has 0 atom stereocenters. The van der Waals surface area contributed by atoms with E-state index in [1.165, 1.54) is 0 Å². The molecule has 1 aromatic rings. The number of carbonyl (C=O) groups excluding carboxylic acids is 1. The van der Waals surface area contributed by atoms with E-state index >= 15 is 0 Å². The Morgan fingerprint density at radius 3 is 2.50 bits per heavy atom. The summed E-state index contributed by atoms with van der Waals surface area (Å²) in [6.45, 7) is 6.94. The number of benzene rings is 1. The predicted molar refractivity (Wildman–Crippen MR) is 82.3 cm³/mol. The third-order valence-electron chi connectivity index (χ3n) is 4.14. The minimum absolute atomic E-state index is 0.172. The highest BCUT2D eigenvalue weighted by Gasteiger charge is 2.39. The number of hydrogen-bond donors (Lipinski definition) is 2. The van der Waals surface area contributed by atoms with Gasteiger partial charge >= 0.3 is 0 Å². The summed E-state index contributed by atoms with van der Waals surface area (Å²) in [5.41, 5.74) is 0.989. The maximum absolute atomic E-state index is 12.7. The molecule has 1 saturated heterocycles. The van der Waals surface area contributed by atoms with Crippen molar-refractivity contribution < 1.29 is 4.79 Å². The number of rotatable bonds is 5. The Bertz CT molecular complexity index is 422. The molecule has 0 unspecified atom stereocenters. The lowest BCUT2D eigenvalue weighted by molar-refractivity contribution is -0.133. The van der Waals surface area contributed by atoms with Crippen LogP contribution >= 0.6 is 0 Å². The van der Waals surface area contributed by atoms with Crippen molar-refractivity contribution in [2.24, 2.45) is 11.3 Å². The van der Waals surface area contributed by atoms with Gasteiger partial charge in [0.05, 0.1) is 5.41 Å². The molecule has 0 bridgehead atoms. The topological polar surface area (TPSA) is 41.1 Å². The fourth-order valence-corrected chi connectivity index (χ4v) is 3.18. The molecule has 20 heavy (non-hydrogen) atoms. The van der Waals surface area contributed by atoms with Crippen LogP contribution in [0.15, 0.2) is 30.3 Å². The number of piperidine rings is 1. The fourth-order valence-electron chi connectivity index (χ4n) is 3.18. The molecule has 1 aliphatic heterocycles. The van der Waals surface area contributed by atoms with Crippen molar-refractivity contribution in [1.82, 2.24) is 10.6 Å². The van der Waals surface area contributed by atoms with Gasteiger partial charge in [0, 0.05) is 6.54 Å². The van der Waals surface area contributed by atoms with Crippen LogP contribution in [-0.4, -0.2) is 19.0 Å². The van der Waals surface area contributed by atoms with Crippen LogP contribution in [0, 0.1) is 11.3 Å². The molecule has 1 aliphatic rings. The molecular weight excluding hydrogens is 248 g/mol. The summed E-state index contributed by atoms with van der Waals surface area (Å²) in [5.74, 6) is 0.784. The second-order valence-corrected chi connectivity index (χ2v) is 6.30. The predicted octanol–water partition coefficient (Wildman–Crippen LogP) is 2.72.